The third-order valence-corrected chi connectivity index (χ3v) is 6.00. The van der Waals surface area contributed by atoms with Crippen molar-refractivity contribution in [1.29, 1.82) is 0 Å². The molecule has 3 N–H and O–H groups in total. The molecule has 0 unspecified atom stereocenters. The molecule has 0 aromatic heterocycles. The number of carbonyl (C=O) groups is 4. The maximum absolute atomic E-state index is 13.4. The quantitative estimate of drug-likeness (QED) is 0.263. The van der Waals surface area contributed by atoms with E-state index in [1.165, 1.54) is 4.90 Å². The fourth-order valence-corrected chi connectivity index (χ4v) is 4.07. The van der Waals surface area contributed by atoms with Gasteiger partial charge in [-0.3, -0.25) is 9.59 Å². The van der Waals surface area contributed by atoms with Crippen LogP contribution in [0.25, 0.3) is 0 Å². The number of unbranched alkanes of at least 4 members (excludes halogenated alkanes) is 1. The normalized spacial score (nSPS) is 15.7. The summed E-state index contributed by atoms with van der Waals surface area (Å²) in [4.78, 5) is 52.3. The summed E-state index contributed by atoms with van der Waals surface area (Å²) in [6.45, 7) is 0.503. The molecule has 3 rings (SSSR count). The zero-order valence-corrected chi connectivity index (χ0v) is 20.3. The lowest BCUT2D eigenvalue weighted by Crippen LogP contribution is -2.52. The molecular formula is C27H33N3O6. The van der Waals surface area contributed by atoms with E-state index in [1.54, 1.807) is 30.3 Å². The highest BCUT2D eigenvalue weighted by molar-refractivity contribution is 5.98. The summed E-state index contributed by atoms with van der Waals surface area (Å²) in [6.07, 6.45) is 2.01. The van der Waals surface area contributed by atoms with Crippen LogP contribution in [-0.4, -0.2) is 60.4 Å². The number of esters is 1. The Kier molecular flexibility index (Phi) is 10.4. The minimum atomic E-state index is -0.862. The number of ketones is 1. The van der Waals surface area contributed by atoms with E-state index in [0.717, 1.165) is 5.56 Å². The van der Waals surface area contributed by atoms with Gasteiger partial charge in [0.25, 0.3) is 0 Å². The molecule has 1 aliphatic heterocycles. The number of carbonyl (C=O) groups excluding carboxylic acids is 4. The fourth-order valence-electron chi connectivity index (χ4n) is 4.07. The average Bonchev–Trinajstić information content (AvgIpc) is 3.41. The van der Waals surface area contributed by atoms with Gasteiger partial charge in [0.1, 0.15) is 18.7 Å². The number of nitrogens with two attached hydrogens (primary N) is 1. The second kappa shape index (κ2) is 14.0. The van der Waals surface area contributed by atoms with E-state index in [4.69, 9.17) is 15.2 Å². The minimum Gasteiger partial charge on any atom is -0.456 e. The highest BCUT2D eigenvalue weighted by atomic mass is 16.5. The molecule has 1 saturated heterocycles. The highest BCUT2D eigenvalue weighted by Crippen LogP contribution is 2.21. The largest absolute Gasteiger partial charge is 0.456 e. The topological polar surface area (TPSA) is 128 Å². The van der Waals surface area contributed by atoms with Gasteiger partial charge in [0.05, 0.1) is 0 Å². The van der Waals surface area contributed by atoms with Gasteiger partial charge in [0, 0.05) is 12.1 Å². The van der Waals surface area contributed by atoms with Crippen LogP contribution < -0.4 is 11.1 Å². The summed E-state index contributed by atoms with van der Waals surface area (Å²) in [5, 5.41) is 2.65. The van der Waals surface area contributed by atoms with Crippen molar-refractivity contribution in [3.63, 3.8) is 0 Å². The van der Waals surface area contributed by atoms with Crippen LogP contribution >= 0.6 is 0 Å². The van der Waals surface area contributed by atoms with Crippen molar-refractivity contribution in [2.24, 2.45) is 5.73 Å². The van der Waals surface area contributed by atoms with E-state index in [0.29, 0.717) is 50.8 Å². The lowest BCUT2D eigenvalue weighted by atomic mass is 10.1. The van der Waals surface area contributed by atoms with E-state index < -0.39 is 30.8 Å². The van der Waals surface area contributed by atoms with Crippen molar-refractivity contribution in [3.05, 3.63) is 71.8 Å². The molecule has 2 aromatic carbocycles. The molecule has 0 saturated carbocycles. The number of rotatable bonds is 12. The molecule has 1 heterocycles. The van der Waals surface area contributed by atoms with Gasteiger partial charge in [-0.1, -0.05) is 60.7 Å². The molecule has 1 aliphatic rings. The number of alkyl carbamates (subject to hydrolysis) is 1. The first kappa shape index (κ1) is 26.9. The standard InChI is InChI=1S/C27H33N3O6/c28-16-8-7-14-22(29-27(34)36-18-20-10-3-1-4-11-20)25(32)30-17-9-15-23(30)26(33)35-19-24(31)21-12-5-2-6-13-21/h1-6,10-13,22-23H,7-9,14-19,28H2,(H,29,34)/t22-,23-/m0/s1. The number of hydrogen-bond donors (Lipinski definition) is 2. The lowest BCUT2D eigenvalue weighted by Gasteiger charge is -2.28. The zero-order valence-electron chi connectivity index (χ0n) is 20.3. The molecule has 9 heteroatoms. The SMILES string of the molecule is NCCCC[C@H](NC(=O)OCc1ccccc1)C(=O)N1CCC[C@H]1C(=O)OCC(=O)c1ccccc1. The average molecular weight is 496 g/mol. The summed E-state index contributed by atoms with van der Waals surface area (Å²) in [6, 6.07) is 16.1. The van der Waals surface area contributed by atoms with Crippen LogP contribution in [-0.2, 0) is 25.7 Å². The summed E-state index contributed by atoms with van der Waals surface area (Å²) in [5.41, 5.74) is 6.86. The maximum Gasteiger partial charge on any atom is 0.408 e. The van der Waals surface area contributed by atoms with Gasteiger partial charge >= 0.3 is 12.1 Å². The third-order valence-electron chi connectivity index (χ3n) is 6.00. The first-order chi connectivity index (χ1) is 17.5. The molecule has 36 heavy (non-hydrogen) atoms. The molecular weight excluding hydrogens is 462 g/mol. The fraction of sp³-hybridized carbons (Fsp3) is 0.407. The van der Waals surface area contributed by atoms with Crippen LogP contribution in [0.3, 0.4) is 0 Å². The van der Waals surface area contributed by atoms with Gasteiger partial charge in [-0.2, -0.15) is 0 Å². The molecule has 2 atom stereocenters. The molecule has 0 radical (unpaired) electrons. The number of amides is 2. The Morgan fingerprint density at radius 2 is 1.67 bits per heavy atom. The van der Waals surface area contributed by atoms with Gasteiger partial charge in [-0.05, 0) is 44.2 Å². The predicted octanol–water partition coefficient (Wildman–Crippen LogP) is 2.83. The molecule has 9 nitrogen and oxygen atoms in total. The van der Waals surface area contributed by atoms with E-state index in [-0.39, 0.29) is 18.3 Å². The Morgan fingerprint density at radius 1 is 0.972 bits per heavy atom. The first-order valence-corrected chi connectivity index (χ1v) is 12.2. The first-order valence-electron chi connectivity index (χ1n) is 12.2. The van der Waals surface area contributed by atoms with Crippen molar-refractivity contribution in [2.75, 3.05) is 19.7 Å². The number of hydrogen-bond acceptors (Lipinski definition) is 7. The van der Waals surface area contributed by atoms with Crippen molar-refractivity contribution < 1.29 is 28.7 Å². The number of Topliss-reactive ketones (excluding diaryl/α,β-unsaturated/α-hetero) is 1. The minimum absolute atomic E-state index is 0.0739. The third kappa shape index (κ3) is 7.91. The van der Waals surface area contributed by atoms with Crippen LogP contribution in [0.4, 0.5) is 4.79 Å². The molecule has 0 bridgehead atoms. The molecule has 0 aliphatic carbocycles. The Hall–Kier alpha value is -3.72. The maximum atomic E-state index is 13.4. The van der Waals surface area contributed by atoms with E-state index in [2.05, 4.69) is 5.32 Å². The Labute approximate surface area is 210 Å². The molecule has 2 aromatic rings. The van der Waals surface area contributed by atoms with Gasteiger partial charge in [-0.25, -0.2) is 9.59 Å². The van der Waals surface area contributed by atoms with Gasteiger partial charge in [-0.15, -0.1) is 0 Å². The van der Waals surface area contributed by atoms with E-state index in [1.807, 2.05) is 30.3 Å². The molecule has 2 amide bonds. The Bertz CT molecular complexity index is 1010. The Morgan fingerprint density at radius 3 is 2.36 bits per heavy atom. The lowest BCUT2D eigenvalue weighted by molar-refractivity contribution is -0.153. The van der Waals surface area contributed by atoms with Crippen molar-refractivity contribution in [2.45, 2.75) is 50.8 Å². The van der Waals surface area contributed by atoms with Crippen LogP contribution in [0.5, 0.6) is 0 Å². The van der Waals surface area contributed by atoms with Crippen LogP contribution in [0.2, 0.25) is 0 Å². The molecule has 0 spiro atoms. The highest BCUT2D eigenvalue weighted by Gasteiger charge is 2.38. The number of ether oxygens (including phenoxy) is 2. The predicted molar refractivity (Wildman–Crippen MR) is 133 cm³/mol. The van der Waals surface area contributed by atoms with Crippen molar-refractivity contribution >= 4 is 23.8 Å². The number of likely N-dealkylation sites (tertiary alicyclic amines) is 1. The van der Waals surface area contributed by atoms with Crippen LogP contribution in [0.1, 0.15) is 48.0 Å². The summed E-state index contributed by atoms with van der Waals surface area (Å²) < 4.78 is 10.5. The number of nitrogens with zero attached hydrogens (tertiary/aromatic N) is 1. The second-order valence-corrected chi connectivity index (χ2v) is 8.63. The smallest absolute Gasteiger partial charge is 0.408 e. The zero-order chi connectivity index (χ0) is 25.8. The summed E-state index contributed by atoms with van der Waals surface area (Å²) in [7, 11) is 0. The second-order valence-electron chi connectivity index (χ2n) is 8.63. The summed E-state index contributed by atoms with van der Waals surface area (Å²) in [5.74, 6) is -1.32. The van der Waals surface area contributed by atoms with Crippen LogP contribution in [0, 0.1) is 0 Å². The van der Waals surface area contributed by atoms with Crippen molar-refractivity contribution in [3.8, 4) is 0 Å². The van der Waals surface area contributed by atoms with Gasteiger partial charge in [0.2, 0.25) is 5.91 Å². The number of nitrogens with one attached hydrogen (secondary N) is 1. The Balaban J connectivity index is 1.58. The van der Waals surface area contributed by atoms with Crippen molar-refractivity contribution in [1.82, 2.24) is 10.2 Å². The summed E-state index contributed by atoms with van der Waals surface area (Å²) >= 11 is 0. The molecule has 1 fully saturated rings. The monoisotopic (exact) mass is 495 g/mol. The van der Waals surface area contributed by atoms with Gasteiger partial charge in [0.15, 0.2) is 12.4 Å². The van der Waals surface area contributed by atoms with E-state index >= 15 is 0 Å². The van der Waals surface area contributed by atoms with E-state index in [9.17, 15) is 19.2 Å². The van der Waals surface area contributed by atoms with Gasteiger partial charge < -0.3 is 25.4 Å². The number of benzene rings is 2. The molecule has 192 valence electrons. The van der Waals surface area contributed by atoms with Crippen LogP contribution in [0.15, 0.2) is 60.7 Å².